The van der Waals surface area contributed by atoms with Crippen LogP contribution in [0.2, 0.25) is 5.02 Å². The molecular formula is C15H21ClN2O2. The van der Waals surface area contributed by atoms with Crippen LogP contribution in [0.15, 0.2) is 24.3 Å². The molecule has 2 rings (SSSR count). The van der Waals surface area contributed by atoms with E-state index in [4.69, 9.17) is 16.3 Å². The summed E-state index contributed by atoms with van der Waals surface area (Å²) in [6.07, 6.45) is 2.50. The summed E-state index contributed by atoms with van der Waals surface area (Å²) in [7, 11) is 1.69. The Morgan fingerprint density at radius 2 is 2.40 bits per heavy atom. The smallest absolute Gasteiger partial charge is 0.224 e. The van der Waals surface area contributed by atoms with Crippen molar-refractivity contribution in [3.63, 3.8) is 0 Å². The third kappa shape index (κ3) is 4.20. The molecule has 1 aliphatic heterocycles. The molecule has 5 heteroatoms. The summed E-state index contributed by atoms with van der Waals surface area (Å²) in [4.78, 5) is 12.0. The molecule has 1 aliphatic rings. The van der Waals surface area contributed by atoms with Crippen molar-refractivity contribution in [2.75, 3.05) is 26.8 Å². The zero-order valence-corrected chi connectivity index (χ0v) is 12.5. The SMILES string of the molecule is COCC1(CNC(=O)Cc2cccc(Cl)c2)CCCN1. The number of methoxy groups -OCH3 is 1. The van der Waals surface area contributed by atoms with E-state index in [0.29, 0.717) is 24.6 Å². The van der Waals surface area contributed by atoms with Crippen molar-refractivity contribution in [1.29, 1.82) is 0 Å². The first-order valence-corrected chi connectivity index (χ1v) is 7.26. The van der Waals surface area contributed by atoms with Gasteiger partial charge in [0.2, 0.25) is 5.91 Å². The number of benzene rings is 1. The maximum absolute atomic E-state index is 12.0. The lowest BCUT2D eigenvalue weighted by Gasteiger charge is -2.29. The lowest BCUT2D eigenvalue weighted by Crippen LogP contribution is -2.53. The molecule has 0 saturated carbocycles. The van der Waals surface area contributed by atoms with Crippen LogP contribution in [0.25, 0.3) is 0 Å². The number of hydrogen-bond donors (Lipinski definition) is 2. The number of carbonyl (C=O) groups is 1. The number of nitrogens with one attached hydrogen (secondary N) is 2. The van der Waals surface area contributed by atoms with Gasteiger partial charge in [-0.3, -0.25) is 4.79 Å². The highest BCUT2D eigenvalue weighted by atomic mass is 35.5. The second-order valence-corrected chi connectivity index (χ2v) is 5.76. The molecule has 1 unspecified atom stereocenters. The first-order valence-electron chi connectivity index (χ1n) is 6.89. The zero-order valence-electron chi connectivity index (χ0n) is 11.7. The Balaban J connectivity index is 1.85. The Morgan fingerprint density at radius 3 is 3.05 bits per heavy atom. The van der Waals surface area contributed by atoms with Crippen LogP contribution in [-0.2, 0) is 16.0 Å². The average molecular weight is 297 g/mol. The Morgan fingerprint density at radius 1 is 1.55 bits per heavy atom. The minimum absolute atomic E-state index is 0.0106. The lowest BCUT2D eigenvalue weighted by atomic mass is 9.98. The van der Waals surface area contributed by atoms with Crippen molar-refractivity contribution in [2.45, 2.75) is 24.8 Å². The fourth-order valence-corrected chi connectivity index (χ4v) is 2.85. The van der Waals surface area contributed by atoms with Gasteiger partial charge in [-0.1, -0.05) is 23.7 Å². The van der Waals surface area contributed by atoms with Gasteiger partial charge in [-0.2, -0.15) is 0 Å². The Labute approximate surface area is 124 Å². The van der Waals surface area contributed by atoms with Crippen LogP contribution in [0.1, 0.15) is 18.4 Å². The van der Waals surface area contributed by atoms with Gasteiger partial charge in [0.15, 0.2) is 0 Å². The van der Waals surface area contributed by atoms with Gasteiger partial charge in [-0.15, -0.1) is 0 Å². The molecule has 0 aromatic heterocycles. The van der Waals surface area contributed by atoms with Crippen molar-refractivity contribution in [1.82, 2.24) is 10.6 Å². The van der Waals surface area contributed by atoms with Crippen molar-refractivity contribution in [3.05, 3.63) is 34.9 Å². The molecule has 1 atom stereocenters. The molecule has 0 bridgehead atoms. The van der Waals surface area contributed by atoms with E-state index in [9.17, 15) is 4.79 Å². The minimum Gasteiger partial charge on any atom is -0.383 e. The molecule has 1 heterocycles. The first kappa shape index (κ1) is 15.3. The third-order valence-corrected chi connectivity index (χ3v) is 3.87. The van der Waals surface area contributed by atoms with Gasteiger partial charge in [-0.05, 0) is 37.1 Å². The Bertz CT molecular complexity index is 459. The van der Waals surface area contributed by atoms with Crippen molar-refractivity contribution in [3.8, 4) is 0 Å². The zero-order chi connectivity index (χ0) is 14.4. The van der Waals surface area contributed by atoms with Gasteiger partial charge < -0.3 is 15.4 Å². The summed E-state index contributed by atoms with van der Waals surface area (Å²) in [5.41, 5.74) is 0.814. The number of halogens is 1. The molecule has 0 spiro atoms. The van der Waals surface area contributed by atoms with E-state index in [2.05, 4.69) is 10.6 Å². The fraction of sp³-hybridized carbons (Fsp3) is 0.533. The van der Waals surface area contributed by atoms with Crippen LogP contribution in [-0.4, -0.2) is 38.3 Å². The fourth-order valence-electron chi connectivity index (χ4n) is 2.63. The van der Waals surface area contributed by atoms with Crippen molar-refractivity contribution >= 4 is 17.5 Å². The molecule has 1 aromatic rings. The van der Waals surface area contributed by atoms with Gasteiger partial charge in [0.05, 0.1) is 18.6 Å². The second-order valence-electron chi connectivity index (χ2n) is 5.33. The quantitative estimate of drug-likeness (QED) is 0.841. The van der Waals surface area contributed by atoms with Gasteiger partial charge in [0, 0.05) is 18.7 Å². The summed E-state index contributed by atoms with van der Waals surface area (Å²) < 4.78 is 5.26. The molecule has 20 heavy (non-hydrogen) atoms. The summed E-state index contributed by atoms with van der Waals surface area (Å²) in [6.45, 7) is 2.19. The standard InChI is InChI=1S/C15H21ClN2O2/c1-20-11-15(6-3-7-18-15)10-17-14(19)9-12-4-2-5-13(16)8-12/h2,4-5,8,18H,3,6-7,9-11H2,1H3,(H,17,19). The number of rotatable bonds is 6. The topological polar surface area (TPSA) is 50.4 Å². The van der Waals surface area contributed by atoms with Gasteiger partial charge in [0.1, 0.15) is 0 Å². The van der Waals surface area contributed by atoms with Gasteiger partial charge >= 0.3 is 0 Å². The number of hydrogen-bond acceptors (Lipinski definition) is 3. The van der Waals surface area contributed by atoms with Gasteiger partial charge in [0.25, 0.3) is 0 Å². The lowest BCUT2D eigenvalue weighted by molar-refractivity contribution is -0.120. The molecule has 0 aliphatic carbocycles. The summed E-state index contributed by atoms with van der Waals surface area (Å²) in [6, 6.07) is 7.39. The van der Waals surface area contributed by atoms with E-state index in [1.54, 1.807) is 13.2 Å². The Hall–Kier alpha value is -1.10. The van der Waals surface area contributed by atoms with Crippen molar-refractivity contribution in [2.24, 2.45) is 0 Å². The summed E-state index contributed by atoms with van der Waals surface area (Å²) >= 11 is 5.91. The van der Waals surface area contributed by atoms with Crippen LogP contribution < -0.4 is 10.6 Å². The molecule has 4 nitrogen and oxygen atoms in total. The summed E-state index contributed by atoms with van der Waals surface area (Å²) in [5, 5.41) is 7.09. The van der Waals surface area contributed by atoms with Crippen molar-refractivity contribution < 1.29 is 9.53 Å². The van der Waals surface area contributed by atoms with Crippen LogP contribution in [0.4, 0.5) is 0 Å². The molecule has 1 saturated heterocycles. The maximum Gasteiger partial charge on any atom is 0.224 e. The van der Waals surface area contributed by atoms with Crippen LogP contribution in [0.5, 0.6) is 0 Å². The van der Waals surface area contributed by atoms with Crippen LogP contribution >= 0.6 is 11.6 Å². The van der Waals surface area contributed by atoms with Crippen LogP contribution in [0.3, 0.4) is 0 Å². The summed E-state index contributed by atoms with van der Waals surface area (Å²) in [5.74, 6) is 0.0106. The van der Waals surface area contributed by atoms with E-state index in [0.717, 1.165) is 24.9 Å². The molecule has 1 amide bonds. The highest BCUT2D eigenvalue weighted by Gasteiger charge is 2.33. The molecular weight excluding hydrogens is 276 g/mol. The van der Waals surface area contributed by atoms with Gasteiger partial charge in [-0.25, -0.2) is 0 Å². The van der Waals surface area contributed by atoms with E-state index in [-0.39, 0.29) is 11.4 Å². The minimum atomic E-state index is -0.112. The second kappa shape index (κ2) is 7.07. The Kier molecular flexibility index (Phi) is 5.40. The number of amides is 1. The normalized spacial score (nSPS) is 21.9. The molecule has 1 fully saturated rings. The molecule has 1 aromatic carbocycles. The highest BCUT2D eigenvalue weighted by molar-refractivity contribution is 6.30. The molecule has 110 valence electrons. The van der Waals surface area contributed by atoms with E-state index < -0.39 is 0 Å². The van der Waals surface area contributed by atoms with E-state index in [1.807, 2.05) is 18.2 Å². The molecule has 2 N–H and O–H groups in total. The maximum atomic E-state index is 12.0. The monoisotopic (exact) mass is 296 g/mol. The predicted molar refractivity (Wildman–Crippen MR) is 80.0 cm³/mol. The van der Waals surface area contributed by atoms with E-state index in [1.165, 1.54) is 0 Å². The highest BCUT2D eigenvalue weighted by Crippen LogP contribution is 2.19. The average Bonchev–Trinajstić information content (AvgIpc) is 2.86. The number of ether oxygens (including phenoxy) is 1. The molecule has 0 radical (unpaired) electrons. The third-order valence-electron chi connectivity index (χ3n) is 3.63. The first-order chi connectivity index (χ1) is 9.63. The van der Waals surface area contributed by atoms with Crippen LogP contribution in [0, 0.1) is 0 Å². The largest absolute Gasteiger partial charge is 0.383 e. The number of carbonyl (C=O) groups excluding carboxylic acids is 1. The predicted octanol–water partition coefficient (Wildman–Crippen LogP) is 1.77. The van der Waals surface area contributed by atoms with E-state index >= 15 is 0 Å².